The van der Waals surface area contributed by atoms with Crippen LogP contribution in [0.4, 0.5) is 0 Å². The molecule has 3 aliphatic carbocycles. The van der Waals surface area contributed by atoms with Crippen LogP contribution in [0.5, 0.6) is 0 Å². The third kappa shape index (κ3) is 1.05. The molecule has 0 aromatic heterocycles. The van der Waals surface area contributed by atoms with Crippen molar-refractivity contribution in [2.24, 2.45) is 11.8 Å². The number of hydrogen-bond acceptors (Lipinski definition) is 0. The fourth-order valence-corrected chi connectivity index (χ4v) is 3.08. The lowest BCUT2D eigenvalue weighted by Gasteiger charge is -2.45. The van der Waals surface area contributed by atoms with E-state index in [1.165, 1.54) is 13.0 Å². The summed E-state index contributed by atoms with van der Waals surface area (Å²) in [4.78, 5) is 0. The first-order valence-electron chi connectivity index (χ1n) is 5.57. The quantitative estimate of drug-likeness (QED) is 0.403. The van der Waals surface area contributed by atoms with Crippen molar-refractivity contribution in [3.05, 3.63) is 36.0 Å². The van der Waals surface area contributed by atoms with Gasteiger partial charge in [-0.25, -0.2) is 0 Å². The molecule has 1 heteroatoms. The molecule has 74 valence electrons. The maximum atomic E-state index is 2.47. The van der Waals surface area contributed by atoms with Gasteiger partial charge in [0.2, 0.25) is 0 Å². The van der Waals surface area contributed by atoms with Gasteiger partial charge < -0.3 is 4.48 Å². The minimum Gasteiger partial charge on any atom is -0.322 e. The van der Waals surface area contributed by atoms with E-state index in [9.17, 15) is 0 Å². The highest BCUT2D eigenvalue weighted by Gasteiger charge is 2.41. The standard InChI is InChI=1S/C13H18N/c1-14(2)8-7-11-9-10-3-5-12(11)13(14)6-4-10/h3-6,9-10,12-13H,7-8H2,1-2H3/q+1/t10-,12+,13+/m0/s1. The zero-order valence-electron chi connectivity index (χ0n) is 8.98. The number of likely N-dealkylation sites (N-methyl/N-ethyl adjacent to an activating group) is 1. The van der Waals surface area contributed by atoms with Gasteiger partial charge in [-0.3, -0.25) is 0 Å². The first kappa shape index (κ1) is 8.49. The first-order valence-corrected chi connectivity index (χ1v) is 5.57. The van der Waals surface area contributed by atoms with Gasteiger partial charge in [-0.05, 0) is 6.08 Å². The van der Waals surface area contributed by atoms with Crippen molar-refractivity contribution < 1.29 is 4.48 Å². The normalized spacial score (nSPS) is 42.1. The van der Waals surface area contributed by atoms with Crippen LogP contribution in [0.25, 0.3) is 0 Å². The molecule has 3 atom stereocenters. The van der Waals surface area contributed by atoms with E-state index in [4.69, 9.17) is 0 Å². The van der Waals surface area contributed by atoms with Crippen LogP contribution in [0, 0.1) is 11.8 Å². The summed E-state index contributed by atoms with van der Waals surface area (Å²) in [6.45, 7) is 1.29. The highest BCUT2D eigenvalue weighted by molar-refractivity contribution is 5.33. The smallest absolute Gasteiger partial charge is 0.117 e. The van der Waals surface area contributed by atoms with Crippen molar-refractivity contribution in [2.75, 3.05) is 20.6 Å². The Morgan fingerprint density at radius 1 is 1.14 bits per heavy atom. The van der Waals surface area contributed by atoms with E-state index >= 15 is 0 Å². The van der Waals surface area contributed by atoms with Crippen molar-refractivity contribution in [2.45, 2.75) is 12.5 Å². The number of allylic oxidation sites excluding steroid dienone is 3. The third-order valence-electron chi connectivity index (χ3n) is 4.06. The van der Waals surface area contributed by atoms with E-state index < -0.39 is 0 Å². The molecule has 0 N–H and O–H groups in total. The number of likely N-dealkylation sites (tertiary alicyclic amines) is 1. The predicted octanol–water partition coefficient (Wildman–Crippen LogP) is 2.13. The van der Waals surface area contributed by atoms with Crippen molar-refractivity contribution in [3.63, 3.8) is 0 Å². The molecule has 1 saturated heterocycles. The molecular weight excluding hydrogens is 170 g/mol. The van der Waals surface area contributed by atoms with E-state index in [1.54, 1.807) is 5.57 Å². The van der Waals surface area contributed by atoms with Crippen molar-refractivity contribution in [1.82, 2.24) is 0 Å². The van der Waals surface area contributed by atoms with Crippen molar-refractivity contribution in [3.8, 4) is 0 Å². The first-order chi connectivity index (χ1) is 6.67. The van der Waals surface area contributed by atoms with Crippen LogP contribution in [-0.4, -0.2) is 31.2 Å². The Hall–Kier alpha value is -0.820. The molecule has 0 aromatic rings. The average Bonchev–Trinajstić information content (AvgIpc) is 2.43. The lowest BCUT2D eigenvalue weighted by Crippen LogP contribution is -2.55. The maximum Gasteiger partial charge on any atom is 0.117 e. The van der Waals surface area contributed by atoms with E-state index in [2.05, 4.69) is 44.5 Å². The molecule has 1 aliphatic heterocycles. The summed E-state index contributed by atoms with van der Waals surface area (Å²) in [6, 6.07) is 0.679. The second kappa shape index (κ2) is 2.60. The molecule has 0 amide bonds. The van der Waals surface area contributed by atoms with Gasteiger partial charge in [-0.15, -0.1) is 0 Å². The average molecular weight is 188 g/mol. The summed E-state index contributed by atoms with van der Waals surface area (Å²) >= 11 is 0. The number of hydrogen-bond donors (Lipinski definition) is 0. The van der Waals surface area contributed by atoms with Crippen LogP contribution in [0.15, 0.2) is 36.0 Å². The lowest BCUT2D eigenvalue weighted by atomic mass is 9.81. The minimum absolute atomic E-state index is 0.587. The van der Waals surface area contributed by atoms with Crippen LogP contribution in [0.3, 0.4) is 0 Å². The molecule has 1 heterocycles. The monoisotopic (exact) mass is 188 g/mol. The molecule has 0 saturated carbocycles. The number of rotatable bonds is 0. The highest BCUT2D eigenvalue weighted by atomic mass is 15.3. The molecule has 0 unspecified atom stereocenters. The molecule has 14 heavy (non-hydrogen) atoms. The van der Waals surface area contributed by atoms with Gasteiger partial charge in [-0.2, -0.15) is 0 Å². The largest absolute Gasteiger partial charge is 0.322 e. The summed E-state index contributed by atoms with van der Waals surface area (Å²) in [7, 11) is 4.72. The number of quaternary nitrogens is 1. The highest BCUT2D eigenvalue weighted by Crippen LogP contribution is 2.39. The second-order valence-corrected chi connectivity index (χ2v) is 5.36. The van der Waals surface area contributed by atoms with E-state index in [0.717, 1.165) is 4.48 Å². The van der Waals surface area contributed by atoms with E-state index in [1.807, 2.05) is 0 Å². The Balaban J connectivity index is 2.10. The van der Waals surface area contributed by atoms with E-state index in [-0.39, 0.29) is 0 Å². The van der Waals surface area contributed by atoms with Gasteiger partial charge in [0.05, 0.1) is 26.6 Å². The number of piperidine rings is 1. The summed E-state index contributed by atoms with van der Waals surface area (Å²) < 4.78 is 1.15. The Morgan fingerprint density at radius 2 is 1.93 bits per heavy atom. The predicted molar refractivity (Wildman–Crippen MR) is 58.7 cm³/mol. The molecule has 1 nitrogen and oxygen atoms in total. The van der Waals surface area contributed by atoms with Gasteiger partial charge in [-0.1, -0.05) is 29.9 Å². The van der Waals surface area contributed by atoms with Gasteiger partial charge in [0.15, 0.2) is 0 Å². The van der Waals surface area contributed by atoms with Gasteiger partial charge in [0.25, 0.3) is 0 Å². The molecule has 4 rings (SSSR count). The Kier molecular flexibility index (Phi) is 1.58. The Bertz CT molecular complexity index is 346. The van der Waals surface area contributed by atoms with Crippen molar-refractivity contribution in [1.29, 1.82) is 0 Å². The molecule has 0 radical (unpaired) electrons. The molecular formula is C13H18N+. The summed E-state index contributed by atoms with van der Waals surface area (Å²) in [6.07, 6.45) is 13.4. The lowest BCUT2D eigenvalue weighted by molar-refractivity contribution is -0.914. The number of nitrogens with zero attached hydrogens (tertiary/aromatic N) is 1. The fourth-order valence-electron chi connectivity index (χ4n) is 3.08. The fraction of sp³-hybridized carbons (Fsp3) is 0.538. The van der Waals surface area contributed by atoms with Crippen molar-refractivity contribution >= 4 is 0 Å². The molecule has 4 aliphatic rings. The maximum absolute atomic E-state index is 2.47. The molecule has 1 fully saturated rings. The minimum atomic E-state index is 0.587. The topological polar surface area (TPSA) is 0 Å². The summed E-state index contributed by atoms with van der Waals surface area (Å²) in [5.74, 6) is 1.28. The summed E-state index contributed by atoms with van der Waals surface area (Å²) in [5, 5.41) is 0. The summed E-state index contributed by atoms with van der Waals surface area (Å²) in [5.41, 5.74) is 1.69. The van der Waals surface area contributed by atoms with E-state index in [0.29, 0.717) is 17.9 Å². The molecule has 0 aromatic carbocycles. The van der Waals surface area contributed by atoms with Crippen LogP contribution < -0.4 is 0 Å². The van der Waals surface area contributed by atoms with Crippen LogP contribution >= 0.6 is 0 Å². The Labute approximate surface area is 86.0 Å². The van der Waals surface area contributed by atoms with Gasteiger partial charge >= 0.3 is 0 Å². The van der Waals surface area contributed by atoms with Gasteiger partial charge in [0.1, 0.15) is 6.04 Å². The molecule has 4 bridgehead atoms. The zero-order chi connectivity index (χ0) is 9.76. The third-order valence-corrected chi connectivity index (χ3v) is 4.06. The second-order valence-electron chi connectivity index (χ2n) is 5.36. The van der Waals surface area contributed by atoms with Crippen LogP contribution in [0.2, 0.25) is 0 Å². The van der Waals surface area contributed by atoms with Crippen LogP contribution in [0.1, 0.15) is 6.42 Å². The SMILES string of the molecule is C[N+]1(C)CCC2=C[C@H]3C=C[C@H]2[C@H]1C=C3. The Morgan fingerprint density at radius 3 is 2.79 bits per heavy atom. The molecule has 0 spiro atoms. The zero-order valence-corrected chi connectivity index (χ0v) is 8.98. The van der Waals surface area contributed by atoms with Crippen LogP contribution in [-0.2, 0) is 0 Å². The van der Waals surface area contributed by atoms with Gasteiger partial charge in [0, 0.05) is 12.3 Å².